The van der Waals surface area contributed by atoms with Crippen molar-refractivity contribution in [1.29, 1.82) is 0 Å². The molecule has 3 atom stereocenters. The van der Waals surface area contributed by atoms with Gasteiger partial charge in [-0.3, -0.25) is 0 Å². The van der Waals surface area contributed by atoms with E-state index in [2.05, 4.69) is 41.5 Å². The van der Waals surface area contributed by atoms with Gasteiger partial charge in [-0.05, 0) is 48.9 Å². The van der Waals surface area contributed by atoms with Crippen LogP contribution < -0.4 is 5.73 Å². The lowest BCUT2D eigenvalue weighted by molar-refractivity contribution is 0.247. The van der Waals surface area contributed by atoms with Crippen molar-refractivity contribution in [3.05, 3.63) is 0 Å². The summed E-state index contributed by atoms with van der Waals surface area (Å²) in [6.45, 7) is 13.8. The highest BCUT2D eigenvalue weighted by Crippen LogP contribution is 2.51. The lowest BCUT2D eigenvalue weighted by Gasteiger charge is -2.29. The molecule has 0 bridgehead atoms. The van der Waals surface area contributed by atoms with Crippen LogP contribution in [0, 0.1) is 22.7 Å². The first-order valence-electron chi connectivity index (χ1n) is 6.37. The maximum Gasteiger partial charge on any atom is 0.00618 e. The van der Waals surface area contributed by atoms with E-state index in [1.807, 2.05) is 0 Å². The van der Waals surface area contributed by atoms with Crippen LogP contribution in [0.25, 0.3) is 0 Å². The SMILES string of the molecule is CC(N)C(C)(C)CC1CC1CC(C)(C)C. The third-order valence-corrected chi connectivity index (χ3v) is 3.96. The molecule has 1 aliphatic rings. The van der Waals surface area contributed by atoms with Gasteiger partial charge in [0.2, 0.25) is 0 Å². The molecule has 0 amide bonds. The van der Waals surface area contributed by atoms with Crippen LogP contribution in [0.4, 0.5) is 0 Å². The number of hydrogen-bond donors (Lipinski definition) is 1. The molecule has 1 fully saturated rings. The largest absolute Gasteiger partial charge is 0.327 e. The van der Waals surface area contributed by atoms with E-state index in [1.165, 1.54) is 19.3 Å². The van der Waals surface area contributed by atoms with Crippen molar-refractivity contribution < 1.29 is 0 Å². The molecule has 0 saturated heterocycles. The van der Waals surface area contributed by atoms with Crippen molar-refractivity contribution in [2.24, 2.45) is 28.4 Å². The molecule has 90 valence electrons. The van der Waals surface area contributed by atoms with Crippen molar-refractivity contribution in [1.82, 2.24) is 0 Å². The van der Waals surface area contributed by atoms with E-state index in [4.69, 9.17) is 5.73 Å². The first kappa shape index (κ1) is 13.0. The zero-order valence-electron chi connectivity index (χ0n) is 11.4. The lowest BCUT2D eigenvalue weighted by atomic mass is 9.79. The molecule has 0 heterocycles. The van der Waals surface area contributed by atoms with Crippen LogP contribution in [-0.4, -0.2) is 6.04 Å². The molecule has 1 heteroatoms. The molecule has 15 heavy (non-hydrogen) atoms. The Morgan fingerprint density at radius 1 is 1.07 bits per heavy atom. The average Bonchev–Trinajstić information content (AvgIpc) is 2.61. The summed E-state index contributed by atoms with van der Waals surface area (Å²) in [5, 5.41) is 0. The van der Waals surface area contributed by atoms with E-state index in [1.54, 1.807) is 0 Å². The quantitative estimate of drug-likeness (QED) is 0.751. The topological polar surface area (TPSA) is 26.0 Å². The molecule has 0 aliphatic heterocycles. The summed E-state index contributed by atoms with van der Waals surface area (Å²) >= 11 is 0. The molecule has 0 aromatic heterocycles. The number of rotatable bonds is 4. The monoisotopic (exact) mass is 211 g/mol. The van der Waals surface area contributed by atoms with Crippen LogP contribution in [-0.2, 0) is 0 Å². The van der Waals surface area contributed by atoms with Gasteiger partial charge in [-0.25, -0.2) is 0 Å². The van der Waals surface area contributed by atoms with Crippen LogP contribution in [0.5, 0.6) is 0 Å². The minimum Gasteiger partial charge on any atom is -0.327 e. The standard InChI is InChI=1S/C14H29N/c1-10(15)14(5,6)9-12-7-11(12)8-13(2,3)4/h10-12H,7-9,15H2,1-6H3. The van der Waals surface area contributed by atoms with Gasteiger partial charge in [-0.1, -0.05) is 34.6 Å². The third-order valence-electron chi connectivity index (χ3n) is 3.96. The summed E-state index contributed by atoms with van der Waals surface area (Å²) in [7, 11) is 0. The summed E-state index contributed by atoms with van der Waals surface area (Å²) in [4.78, 5) is 0. The van der Waals surface area contributed by atoms with Crippen molar-refractivity contribution in [3.8, 4) is 0 Å². The zero-order valence-corrected chi connectivity index (χ0v) is 11.4. The molecule has 2 N–H and O–H groups in total. The highest BCUT2D eigenvalue weighted by Gasteiger charge is 2.42. The van der Waals surface area contributed by atoms with Crippen molar-refractivity contribution in [2.45, 2.75) is 66.8 Å². The molecule has 0 spiro atoms. The van der Waals surface area contributed by atoms with Crippen molar-refractivity contribution >= 4 is 0 Å². The first-order chi connectivity index (χ1) is 6.62. The predicted octanol–water partition coefficient (Wildman–Crippen LogP) is 3.82. The molecule has 1 saturated carbocycles. The van der Waals surface area contributed by atoms with Crippen molar-refractivity contribution in [3.63, 3.8) is 0 Å². The Hall–Kier alpha value is -0.0400. The van der Waals surface area contributed by atoms with Gasteiger partial charge in [-0.2, -0.15) is 0 Å². The van der Waals surface area contributed by atoms with Crippen LogP contribution in [0.3, 0.4) is 0 Å². The summed E-state index contributed by atoms with van der Waals surface area (Å²) < 4.78 is 0. The van der Waals surface area contributed by atoms with E-state index in [0.29, 0.717) is 16.9 Å². The Balaban J connectivity index is 2.34. The fraction of sp³-hybridized carbons (Fsp3) is 1.00. The maximum absolute atomic E-state index is 6.02. The average molecular weight is 211 g/mol. The van der Waals surface area contributed by atoms with Crippen LogP contribution in [0.1, 0.15) is 60.8 Å². The van der Waals surface area contributed by atoms with Gasteiger partial charge in [0.1, 0.15) is 0 Å². The van der Waals surface area contributed by atoms with Gasteiger partial charge in [0.15, 0.2) is 0 Å². The highest BCUT2D eigenvalue weighted by atomic mass is 14.7. The molecule has 0 aromatic rings. The molecule has 1 aliphatic carbocycles. The Kier molecular flexibility index (Phi) is 3.55. The van der Waals surface area contributed by atoms with E-state index >= 15 is 0 Å². The van der Waals surface area contributed by atoms with Crippen molar-refractivity contribution in [2.75, 3.05) is 0 Å². The molecule has 0 radical (unpaired) electrons. The Bertz CT molecular complexity index is 210. The van der Waals surface area contributed by atoms with E-state index < -0.39 is 0 Å². The van der Waals surface area contributed by atoms with E-state index in [9.17, 15) is 0 Å². The molecular weight excluding hydrogens is 182 g/mol. The molecule has 1 nitrogen and oxygen atoms in total. The van der Waals surface area contributed by atoms with Gasteiger partial charge in [-0.15, -0.1) is 0 Å². The van der Waals surface area contributed by atoms with Crippen LogP contribution >= 0.6 is 0 Å². The summed E-state index contributed by atoms with van der Waals surface area (Å²) in [6.07, 6.45) is 4.13. The number of hydrogen-bond acceptors (Lipinski definition) is 1. The van der Waals surface area contributed by atoms with E-state index in [-0.39, 0.29) is 0 Å². The van der Waals surface area contributed by atoms with Gasteiger partial charge >= 0.3 is 0 Å². The first-order valence-corrected chi connectivity index (χ1v) is 6.37. The summed E-state index contributed by atoms with van der Waals surface area (Å²) in [5.74, 6) is 1.92. The van der Waals surface area contributed by atoms with Crippen LogP contribution in [0.2, 0.25) is 0 Å². The van der Waals surface area contributed by atoms with Gasteiger partial charge in [0.05, 0.1) is 0 Å². The Morgan fingerprint density at radius 2 is 1.53 bits per heavy atom. The fourth-order valence-corrected chi connectivity index (χ4v) is 2.46. The second-order valence-corrected chi connectivity index (χ2v) is 7.50. The minimum absolute atomic E-state index is 0.313. The summed E-state index contributed by atoms with van der Waals surface area (Å²) in [5.41, 5.74) is 6.83. The third kappa shape index (κ3) is 4.14. The Labute approximate surface area is 95.8 Å². The predicted molar refractivity (Wildman–Crippen MR) is 67.7 cm³/mol. The molecular formula is C14H29N. The van der Waals surface area contributed by atoms with Gasteiger partial charge in [0.25, 0.3) is 0 Å². The fourth-order valence-electron chi connectivity index (χ4n) is 2.46. The second-order valence-electron chi connectivity index (χ2n) is 7.50. The Morgan fingerprint density at radius 3 is 1.93 bits per heavy atom. The highest BCUT2D eigenvalue weighted by molar-refractivity contribution is 4.94. The van der Waals surface area contributed by atoms with Gasteiger partial charge in [0, 0.05) is 6.04 Å². The zero-order chi connectivity index (χ0) is 11.9. The summed E-state index contributed by atoms with van der Waals surface area (Å²) in [6, 6.07) is 0.313. The second kappa shape index (κ2) is 4.08. The molecule has 0 aromatic carbocycles. The molecule has 3 unspecified atom stereocenters. The normalized spacial score (nSPS) is 29.0. The van der Waals surface area contributed by atoms with Crippen LogP contribution in [0.15, 0.2) is 0 Å². The smallest absolute Gasteiger partial charge is 0.00618 e. The van der Waals surface area contributed by atoms with Gasteiger partial charge < -0.3 is 5.73 Å². The number of nitrogens with two attached hydrogens (primary N) is 1. The maximum atomic E-state index is 6.02. The minimum atomic E-state index is 0.313. The van der Waals surface area contributed by atoms with E-state index in [0.717, 1.165) is 11.8 Å². The molecule has 1 rings (SSSR count). The lowest BCUT2D eigenvalue weighted by Crippen LogP contribution is -2.34.